The lowest BCUT2D eigenvalue weighted by atomic mass is 10.0. The van der Waals surface area contributed by atoms with Crippen molar-refractivity contribution in [3.05, 3.63) is 50.9 Å². The van der Waals surface area contributed by atoms with Crippen LogP contribution in [0, 0.1) is 6.92 Å². The second-order valence-electron chi connectivity index (χ2n) is 3.59. The first-order valence-corrected chi connectivity index (χ1v) is 6.30. The van der Waals surface area contributed by atoms with E-state index in [1.165, 1.54) is 10.4 Å². The van der Waals surface area contributed by atoms with Gasteiger partial charge in [0.05, 0.1) is 11.1 Å². The summed E-state index contributed by atoms with van der Waals surface area (Å²) in [5.41, 5.74) is 2.36. The topological polar surface area (TPSA) is 24.9 Å². The van der Waals surface area contributed by atoms with Crippen LogP contribution in [-0.2, 0) is 0 Å². The zero-order valence-corrected chi connectivity index (χ0v) is 10.8. The van der Waals surface area contributed by atoms with Crippen molar-refractivity contribution in [1.29, 1.82) is 0 Å². The number of hydrogen-bond donors (Lipinski definition) is 1. The Morgan fingerprint density at radius 2 is 2.25 bits per heavy atom. The van der Waals surface area contributed by atoms with Gasteiger partial charge in [-0.25, -0.2) is 0 Å². The van der Waals surface area contributed by atoms with Crippen LogP contribution in [0.1, 0.15) is 22.0 Å². The van der Waals surface area contributed by atoms with Crippen molar-refractivity contribution >= 4 is 22.9 Å². The van der Waals surface area contributed by atoms with Crippen molar-refractivity contribution in [2.45, 2.75) is 13.0 Å². The maximum Gasteiger partial charge on any atom is 0.0687 e. The first-order valence-electron chi connectivity index (χ1n) is 5.04. The van der Waals surface area contributed by atoms with Gasteiger partial charge in [-0.3, -0.25) is 4.98 Å². The van der Waals surface area contributed by atoms with Crippen LogP contribution < -0.4 is 5.32 Å². The molecule has 0 radical (unpaired) electrons. The zero-order valence-electron chi connectivity index (χ0n) is 9.20. The minimum Gasteiger partial charge on any atom is -0.309 e. The quantitative estimate of drug-likeness (QED) is 0.906. The van der Waals surface area contributed by atoms with Crippen molar-refractivity contribution in [2.24, 2.45) is 0 Å². The molecule has 2 aromatic heterocycles. The summed E-state index contributed by atoms with van der Waals surface area (Å²) < 4.78 is 0. The average molecular weight is 253 g/mol. The molecule has 0 bridgehead atoms. The molecule has 0 fully saturated rings. The number of aryl methyl sites for hydroxylation is 1. The number of nitrogens with one attached hydrogen (secondary N) is 1. The number of nitrogens with zero attached hydrogens (tertiary/aromatic N) is 1. The molecule has 2 rings (SSSR count). The third kappa shape index (κ3) is 2.12. The van der Waals surface area contributed by atoms with Crippen LogP contribution in [0.15, 0.2) is 29.9 Å². The molecule has 16 heavy (non-hydrogen) atoms. The van der Waals surface area contributed by atoms with Gasteiger partial charge in [-0.2, -0.15) is 0 Å². The number of thiophene rings is 1. The molecule has 0 saturated heterocycles. The van der Waals surface area contributed by atoms with Gasteiger partial charge in [-0.15, -0.1) is 11.3 Å². The molecule has 2 nitrogen and oxygen atoms in total. The molecule has 2 aromatic rings. The molecule has 1 unspecified atom stereocenters. The Morgan fingerprint density at radius 3 is 2.81 bits per heavy atom. The molecule has 0 saturated carbocycles. The van der Waals surface area contributed by atoms with E-state index >= 15 is 0 Å². The Bertz CT molecular complexity index is 481. The van der Waals surface area contributed by atoms with Crippen LogP contribution in [0.2, 0.25) is 5.02 Å². The second kappa shape index (κ2) is 4.95. The van der Waals surface area contributed by atoms with Crippen LogP contribution in [0.4, 0.5) is 0 Å². The van der Waals surface area contributed by atoms with Crippen LogP contribution in [0.25, 0.3) is 0 Å². The van der Waals surface area contributed by atoms with E-state index in [2.05, 4.69) is 28.7 Å². The minimum absolute atomic E-state index is 0.149. The lowest BCUT2D eigenvalue weighted by Crippen LogP contribution is -2.17. The highest BCUT2D eigenvalue weighted by atomic mass is 35.5. The van der Waals surface area contributed by atoms with Gasteiger partial charge in [0, 0.05) is 17.3 Å². The monoisotopic (exact) mass is 252 g/mol. The van der Waals surface area contributed by atoms with Gasteiger partial charge < -0.3 is 5.32 Å². The van der Waals surface area contributed by atoms with Crippen molar-refractivity contribution in [3.8, 4) is 0 Å². The van der Waals surface area contributed by atoms with E-state index in [0.29, 0.717) is 5.02 Å². The molecule has 0 aliphatic heterocycles. The van der Waals surface area contributed by atoms with E-state index < -0.39 is 0 Å². The van der Waals surface area contributed by atoms with Crippen molar-refractivity contribution in [3.63, 3.8) is 0 Å². The number of pyridine rings is 1. The summed E-state index contributed by atoms with van der Waals surface area (Å²) in [6.45, 7) is 2.12. The maximum absolute atomic E-state index is 6.17. The summed E-state index contributed by atoms with van der Waals surface area (Å²) in [5.74, 6) is 0. The molecule has 2 heterocycles. The fourth-order valence-corrected chi connectivity index (χ4v) is 3.01. The van der Waals surface area contributed by atoms with Gasteiger partial charge in [0.1, 0.15) is 0 Å². The van der Waals surface area contributed by atoms with E-state index in [9.17, 15) is 0 Å². The van der Waals surface area contributed by atoms with Crippen LogP contribution in [-0.4, -0.2) is 12.0 Å². The fraction of sp³-hybridized carbons (Fsp3) is 0.250. The SMILES string of the molecule is CNC(c1ccncc1Cl)c1sccc1C. The summed E-state index contributed by atoms with van der Waals surface area (Å²) in [6, 6.07) is 4.23. The van der Waals surface area contributed by atoms with Gasteiger partial charge in [0.2, 0.25) is 0 Å². The third-order valence-electron chi connectivity index (χ3n) is 2.57. The smallest absolute Gasteiger partial charge is 0.0687 e. The fourth-order valence-electron chi connectivity index (χ4n) is 1.73. The predicted octanol–water partition coefficient (Wildman–Crippen LogP) is 3.41. The molecule has 0 aliphatic carbocycles. The zero-order chi connectivity index (χ0) is 11.5. The van der Waals surface area contributed by atoms with E-state index in [4.69, 9.17) is 11.6 Å². The third-order valence-corrected chi connectivity index (χ3v) is 3.97. The molecular formula is C12H13ClN2S. The average Bonchev–Trinajstić information content (AvgIpc) is 2.69. The summed E-state index contributed by atoms with van der Waals surface area (Å²) in [7, 11) is 1.95. The molecular weight excluding hydrogens is 240 g/mol. The highest BCUT2D eigenvalue weighted by Crippen LogP contribution is 2.32. The highest BCUT2D eigenvalue weighted by molar-refractivity contribution is 7.10. The molecule has 0 spiro atoms. The predicted molar refractivity (Wildman–Crippen MR) is 69.2 cm³/mol. The van der Waals surface area contributed by atoms with Gasteiger partial charge in [0.15, 0.2) is 0 Å². The first-order chi connectivity index (χ1) is 7.74. The minimum atomic E-state index is 0.149. The Labute approximate surface area is 104 Å². The normalized spacial score (nSPS) is 12.7. The summed E-state index contributed by atoms with van der Waals surface area (Å²) in [5, 5.41) is 6.11. The lowest BCUT2D eigenvalue weighted by molar-refractivity contribution is 0.699. The molecule has 1 atom stereocenters. The summed E-state index contributed by atoms with van der Waals surface area (Å²) in [4.78, 5) is 5.31. The van der Waals surface area contributed by atoms with Gasteiger partial charge in [0.25, 0.3) is 0 Å². The molecule has 4 heteroatoms. The maximum atomic E-state index is 6.17. The number of rotatable bonds is 3. The van der Waals surface area contributed by atoms with Crippen molar-refractivity contribution < 1.29 is 0 Å². The Morgan fingerprint density at radius 1 is 1.44 bits per heavy atom. The van der Waals surface area contributed by atoms with Crippen molar-refractivity contribution in [2.75, 3.05) is 7.05 Å². The molecule has 0 aliphatic rings. The summed E-state index contributed by atoms with van der Waals surface area (Å²) >= 11 is 7.91. The van der Waals surface area contributed by atoms with Gasteiger partial charge in [-0.05, 0) is 42.6 Å². The largest absolute Gasteiger partial charge is 0.309 e. The molecule has 1 N–H and O–H groups in total. The number of halogens is 1. The van der Waals surface area contributed by atoms with E-state index in [1.54, 1.807) is 23.7 Å². The van der Waals surface area contributed by atoms with Crippen LogP contribution in [0.3, 0.4) is 0 Å². The van der Waals surface area contributed by atoms with Gasteiger partial charge >= 0.3 is 0 Å². The first kappa shape index (κ1) is 11.6. The highest BCUT2D eigenvalue weighted by Gasteiger charge is 2.17. The molecule has 84 valence electrons. The Balaban J connectivity index is 2.45. The summed E-state index contributed by atoms with van der Waals surface area (Å²) in [6.07, 6.45) is 3.46. The molecule has 0 amide bonds. The van der Waals surface area contributed by atoms with Gasteiger partial charge in [-0.1, -0.05) is 11.6 Å². The van der Waals surface area contributed by atoms with Crippen LogP contribution in [0.5, 0.6) is 0 Å². The van der Waals surface area contributed by atoms with E-state index in [-0.39, 0.29) is 6.04 Å². The van der Waals surface area contributed by atoms with Crippen molar-refractivity contribution in [1.82, 2.24) is 10.3 Å². The molecule has 0 aromatic carbocycles. The second-order valence-corrected chi connectivity index (χ2v) is 4.94. The Kier molecular flexibility index (Phi) is 3.59. The van der Waals surface area contributed by atoms with Crippen LogP contribution >= 0.6 is 22.9 Å². The standard InChI is InChI=1S/C12H13ClN2S/c1-8-4-6-16-12(8)11(14-2)9-3-5-15-7-10(9)13/h3-7,11,14H,1-2H3. The Hall–Kier alpha value is -0.900. The number of hydrogen-bond acceptors (Lipinski definition) is 3. The van der Waals surface area contributed by atoms with E-state index in [0.717, 1.165) is 5.56 Å². The number of aromatic nitrogens is 1. The lowest BCUT2D eigenvalue weighted by Gasteiger charge is -2.17. The van der Waals surface area contributed by atoms with E-state index in [1.807, 2.05) is 13.1 Å².